The van der Waals surface area contributed by atoms with E-state index in [0.29, 0.717) is 19.3 Å². The Balaban J connectivity index is 1.44. The van der Waals surface area contributed by atoms with E-state index in [9.17, 15) is 38.4 Å². The Labute approximate surface area is 359 Å². The number of ether oxygens (including phenoxy) is 8. The van der Waals surface area contributed by atoms with Crippen LogP contribution in [0.1, 0.15) is 95.3 Å². The largest absolute Gasteiger partial charge is 0.459 e. The monoisotopic (exact) mass is 866 g/mol. The molecule has 1 aliphatic carbocycles. The average Bonchev–Trinajstić information content (AvgIpc) is 3.23. The smallest absolute Gasteiger partial charge is 0.407 e. The van der Waals surface area contributed by atoms with E-state index in [1.165, 1.54) is 62.4 Å². The molecule has 0 radical (unpaired) electrons. The summed E-state index contributed by atoms with van der Waals surface area (Å²) < 4.78 is 41.3. The third kappa shape index (κ3) is 16.7. The molecule has 0 aliphatic heterocycles. The van der Waals surface area contributed by atoms with Gasteiger partial charge < -0.3 is 48.5 Å². The molecular formula is C44H54N2O16. The van der Waals surface area contributed by atoms with Crippen molar-refractivity contribution in [1.29, 1.82) is 0 Å². The highest BCUT2D eigenvalue weighted by atomic mass is 16.6. The van der Waals surface area contributed by atoms with Crippen LogP contribution in [0.4, 0.5) is 9.59 Å². The Bertz CT molecular complexity index is 1960. The van der Waals surface area contributed by atoms with Crippen LogP contribution < -0.4 is 10.6 Å². The molecule has 0 heterocycles. The molecule has 18 heteroatoms. The van der Waals surface area contributed by atoms with E-state index in [-0.39, 0.29) is 79.9 Å². The minimum atomic E-state index is -0.864. The molecule has 3 rings (SSSR count). The fraction of sp³-hybridized carbons (Fsp3) is 0.455. The summed E-state index contributed by atoms with van der Waals surface area (Å²) in [5, 5.41) is 5.66. The predicted octanol–water partition coefficient (Wildman–Crippen LogP) is 5.29. The number of amides is 2. The molecule has 2 aromatic carbocycles. The minimum absolute atomic E-state index is 0.0651. The summed E-state index contributed by atoms with van der Waals surface area (Å²) in [6.07, 6.45) is 0.522. The summed E-state index contributed by atoms with van der Waals surface area (Å²) in [5.74, 6) is -4.70. The van der Waals surface area contributed by atoms with Crippen molar-refractivity contribution in [1.82, 2.24) is 10.6 Å². The van der Waals surface area contributed by atoms with Crippen molar-refractivity contribution < 1.29 is 76.3 Å². The van der Waals surface area contributed by atoms with Crippen molar-refractivity contribution in [3.63, 3.8) is 0 Å². The highest BCUT2D eigenvalue weighted by molar-refractivity contribution is 6.04. The Morgan fingerprint density at radius 1 is 0.613 bits per heavy atom. The van der Waals surface area contributed by atoms with Gasteiger partial charge in [0.15, 0.2) is 0 Å². The maximum atomic E-state index is 13.0. The van der Waals surface area contributed by atoms with Crippen LogP contribution in [0.3, 0.4) is 0 Å². The first-order valence-electron chi connectivity index (χ1n) is 19.7. The van der Waals surface area contributed by atoms with Gasteiger partial charge in [-0.05, 0) is 68.2 Å². The van der Waals surface area contributed by atoms with E-state index in [4.69, 9.17) is 37.9 Å². The van der Waals surface area contributed by atoms with Gasteiger partial charge in [0.1, 0.15) is 51.8 Å². The standard InChI is InChI=1S/C44H54N2O16/c1-8-35(47)55-18-20-57-37(49)31-14-10-12-16-33(31)39(51)59-24-28(3)61-41(53)45-27-44(7)23-30(22-43(5,6)26-44)46-42(54)62-29(4)25-60-40(52)34-17-13-11-15-32(34)38(50)58-21-19-56-36(48)9-2/h8-17,28-30H,1-2,18-27H2,3-7H3,(H,45,53)(H,46,54). The second-order valence-corrected chi connectivity index (χ2v) is 15.5. The van der Waals surface area contributed by atoms with Gasteiger partial charge in [-0.15, -0.1) is 0 Å². The zero-order valence-corrected chi connectivity index (χ0v) is 35.5. The lowest BCUT2D eigenvalue weighted by atomic mass is 9.62. The van der Waals surface area contributed by atoms with Crippen LogP contribution in [0, 0.1) is 10.8 Å². The molecule has 4 unspecified atom stereocenters. The Hall–Kier alpha value is -6.72. The number of esters is 6. The SMILES string of the molecule is C=CC(=O)OCCOC(=O)c1ccccc1C(=O)OCC(C)OC(=O)NCC1(C)CC(NC(=O)OC(C)COC(=O)c2ccccc2C(=O)OCCOC(=O)C=C)CC(C)(C)C1. The molecule has 1 aliphatic rings. The Morgan fingerprint density at radius 2 is 1.00 bits per heavy atom. The number of carbonyl (C=O) groups excluding carboxylic acids is 8. The van der Waals surface area contributed by atoms with Crippen molar-refractivity contribution in [2.75, 3.05) is 46.2 Å². The number of alkyl carbamates (subject to hydrolysis) is 2. The summed E-state index contributed by atoms with van der Waals surface area (Å²) in [4.78, 5) is 99.1. The lowest BCUT2D eigenvalue weighted by Gasteiger charge is -2.46. The van der Waals surface area contributed by atoms with Gasteiger partial charge in [-0.25, -0.2) is 38.4 Å². The number of benzene rings is 2. The van der Waals surface area contributed by atoms with Crippen LogP contribution in [0.5, 0.6) is 0 Å². The second kappa shape index (κ2) is 23.9. The first-order valence-corrected chi connectivity index (χ1v) is 19.7. The van der Waals surface area contributed by atoms with Gasteiger partial charge in [0.25, 0.3) is 0 Å². The van der Waals surface area contributed by atoms with E-state index >= 15 is 0 Å². The molecule has 2 N–H and O–H groups in total. The van der Waals surface area contributed by atoms with E-state index in [1.54, 1.807) is 0 Å². The number of nitrogens with one attached hydrogen (secondary N) is 2. The summed E-state index contributed by atoms with van der Waals surface area (Å²) in [7, 11) is 0. The highest BCUT2D eigenvalue weighted by Crippen LogP contribution is 2.45. The molecule has 1 fully saturated rings. The molecule has 336 valence electrons. The van der Waals surface area contributed by atoms with Crippen molar-refractivity contribution in [2.24, 2.45) is 10.8 Å². The number of hydrogen-bond acceptors (Lipinski definition) is 16. The fourth-order valence-electron chi connectivity index (χ4n) is 6.88. The fourth-order valence-corrected chi connectivity index (χ4v) is 6.88. The van der Waals surface area contributed by atoms with Crippen LogP contribution in [0.15, 0.2) is 73.8 Å². The first-order chi connectivity index (χ1) is 29.3. The van der Waals surface area contributed by atoms with Gasteiger partial charge in [0.05, 0.1) is 22.3 Å². The van der Waals surface area contributed by atoms with Gasteiger partial charge in [-0.2, -0.15) is 0 Å². The summed E-state index contributed by atoms with van der Waals surface area (Å²) >= 11 is 0. The van der Waals surface area contributed by atoms with Crippen LogP contribution in [0.25, 0.3) is 0 Å². The van der Waals surface area contributed by atoms with Crippen molar-refractivity contribution in [3.05, 3.63) is 96.1 Å². The molecule has 1 saturated carbocycles. The number of hydrogen-bond donors (Lipinski definition) is 2. The summed E-state index contributed by atoms with van der Waals surface area (Å²) in [6.45, 7) is 14.4. The highest BCUT2D eigenvalue weighted by Gasteiger charge is 2.42. The van der Waals surface area contributed by atoms with Crippen LogP contribution in [0.2, 0.25) is 0 Å². The van der Waals surface area contributed by atoms with Gasteiger partial charge in [-0.1, -0.05) is 58.2 Å². The van der Waals surface area contributed by atoms with Crippen LogP contribution in [-0.4, -0.2) is 112 Å². The zero-order valence-electron chi connectivity index (χ0n) is 35.5. The second-order valence-electron chi connectivity index (χ2n) is 15.5. The Morgan fingerprint density at radius 3 is 1.42 bits per heavy atom. The van der Waals surface area contributed by atoms with Crippen molar-refractivity contribution in [3.8, 4) is 0 Å². The van der Waals surface area contributed by atoms with E-state index in [2.05, 4.69) is 23.8 Å². The maximum Gasteiger partial charge on any atom is 0.407 e. The number of rotatable bonds is 21. The molecule has 0 saturated heterocycles. The molecule has 4 atom stereocenters. The van der Waals surface area contributed by atoms with Crippen molar-refractivity contribution in [2.45, 2.75) is 72.1 Å². The molecule has 0 aromatic heterocycles. The average molecular weight is 867 g/mol. The Kier molecular flexibility index (Phi) is 19.1. The van der Waals surface area contributed by atoms with E-state index in [0.717, 1.165) is 12.2 Å². The molecular weight excluding hydrogens is 812 g/mol. The van der Waals surface area contributed by atoms with Crippen LogP contribution >= 0.6 is 0 Å². The minimum Gasteiger partial charge on any atom is -0.459 e. The van der Waals surface area contributed by atoms with E-state index < -0.39 is 65.6 Å². The predicted molar refractivity (Wildman–Crippen MR) is 219 cm³/mol. The molecule has 18 nitrogen and oxygen atoms in total. The van der Waals surface area contributed by atoms with Gasteiger partial charge >= 0.3 is 48.0 Å². The van der Waals surface area contributed by atoms with Crippen LogP contribution in [-0.2, 0) is 47.5 Å². The molecule has 62 heavy (non-hydrogen) atoms. The topological polar surface area (TPSA) is 234 Å². The zero-order chi connectivity index (χ0) is 45.9. The molecule has 0 bridgehead atoms. The first kappa shape index (κ1) is 49.6. The van der Waals surface area contributed by atoms with Gasteiger partial charge in [0.2, 0.25) is 0 Å². The van der Waals surface area contributed by atoms with Gasteiger partial charge in [0, 0.05) is 24.7 Å². The quantitative estimate of drug-likeness (QED) is 0.0702. The lowest BCUT2D eigenvalue weighted by molar-refractivity contribution is -0.139. The van der Waals surface area contributed by atoms with Gasteiger partial charge in [-0.3, -0.25) is 0 Å². The lowest BCUT2D eigenvalue weighted by Crippen LogP contribution is -2.51. The normalized spacial score (nSPS) is 17.3. The summed E-state index contributed by atoms with van der Waals surface area (Å²) in [6, 6.07) is 11.3. The number of carbonyl (C=O) groups is 8. The maximum absolute atomic E-state index is 13.0. The summed E-state index contributed by atoms with van der Waals surface area (Å²) in [5.41, 5.74) is -0.999. The third-order valence-corrected chi connectivity index (χ3v) is 9.13. The van der Waals surface area contributed by atoms with Crippen molar-refractivity contribution >= 4 is 48.0 Å². The third-order valence-electron chi connectivity index (χ3n) is 9.13. The van der Waals surface area contributed by atoms with E-state index in [1.807, 2.05) is 20.8 Å². The molecule has 2 aromatic rings. The molecule has 0 spiro atoms. The molecule has 2 amide bonds.